The van der Waals surface area contributed by atoms with Crippen LogP contribution in [0, 0.1) is 0 Å². The smallest absolute Gasteiger partial charge is 0.328 e. The second-order valence-corrected chi connectivity index (χ2v) is 8.33. The van der Waals surface area contributed by atoms with E-state index in [4.69, 9.17) is 14.5 Å². The maximum Gasteiger partial charge on any atom is 0.328 e. The largest absolute Gasteiger partial charge is 0.467 e. The Bertz CT molecular complexity index is 1240. The Kier molecular flexibility index (Phi) is 7.40. The second kappa shape index (κ2) is 10.6. The van der Waals surface area contributed by atoms with Crippen molar-refractivity contribution in [1.82, 2.24) is 19.4 Å². The number of benzene rings is 1. The lowest BCUT2D eigenvalue weighted by atomic mass is 10.00. The first-order valence-electron chi connectivity index (χ1n) is 11.6. The molecular formula is C25H29N5O5. The second-order valence-electron chi connectivity index (χ2n) is 8.33. The van der Waals surface area contributed by atoms with Gasteiger partial charge in [0.15, 0.2) is 0 Å². The third-order valence-corrected chi connectivity index (χ3v) is 6.10. The molecule has 35 heavy (non-hydrogen) atoms. The molecule has 3 heterocycles. The lowest BCUT2D eigenvalue weighted by Crippen LogP contribution is -2.48. The summed E-state index contributed by atoms with van der Waals surface area (Å²) in [4.78, 5) is 49.2. The van der Waals surface area contributed by atoms with Crippen LogP contribution in [0.3, 0.4) is 0 Å². The van der Waals surface area contributed by atoms with Crippen molar-refractivity contribution < 1.29 is 23.9 Å². The first kappa shape index (κ1) is 24.3. The summed E-state index contributed by atoms with van der Waals surface area (Å²) in [6.07, 6.45) is 5.57. The first-order valence-corrected chi connectivity index (χ1v) is 11.6. The van der Waals surface area contributed by atoms with Crippen LogP contribution in [0.2, 0.25) is 0 Å². The fourth-order valence-corrected chi connectivity index (χ4v) is 4.57. The quantitative estimate of drug-likeness (QED) is 0.518. The van der Waals surface area contributed by atoms with E-state index in [-0.39, 0.29) is 18.4 Å². The number of rotatable bonds is 7. The highest BCUT2D eigenvalue weighted by Gasteiger charge is 2.35. The summed E-state index contributed by atoms with van der Waals surface area (Å²) in [6, 6.07) is 6.45. The third kappa shape index (κ3) is 4.88. The van der Waals surface area contributed by atoms with Gasteiger partial charge >= 0.3 is 5.97 Å². The number of fused-ring (bicyclic) bond motifs is 1. The van der Waals surface area contributed by atoms with Gasteiger partial charge in [0.2, 0.25) is 5.91 Å². The lowest BCUT2D eigenvalue weighted by Gasteiger charge is -2.34. The van der Waals surface area contributed by atoms with Crippen molar-refractivity contribution >= 4 is 34.5 Å². The number of nitrogens with one attached hydrogen (secondary N) is 1. The molecule has 1 aromatic carbocycles. The number of amides is 2. The van der Waals surface area contributed by atoms with Gasteiger partial charge in [0.25, 0.3) is 5.91 Å². The summed E-state index contributed by atoms with van der Waals surface area (Å²) in [6.45, 7) is 2.84. The molecule has 184 valence electrons. The van der Waals surface area contributed by atoms with E-state index in [1.807, 2.05) is 23.6 Å². The molecule has 0 saturated carbocycles. The van der Waals surface area contributed by atoms with Gasteiger partial charge in [-0.25, -0.2) is 9.78 Å². The van der Waals surface area contributed by atoms with E-state index in [0.717, 1.165) is 18.4 Å². The Morgan fingerprint density at radius 2 is 2.03 bits per heavy atom. The number of hydrogen-bond donors (Lipinski definition) is 1. The minimum atomic E-state index is -0.654. The molecule has 0 aliphatic carbocycles. The number of nitrogens with zero attached hydrogens (tertiary/aromatic N) is 4. The van der Waals surface area contributed by atoms with Crippen molar-refractivity contribution in [2.45, 2.75) is 38.8 Å². The predicted octanol–water partition coefficient (Wildman–Crippen LogP) is 2.87. The Morgan fingerprint density at radius 1 is 1.20 bits per heavy atom. The Morgan fingerprint density at radius 3 is 2.71 bits per heavy atom. The number of aromatic nitrogens is 3. The van der Waals surface area contributed by atoms with Crippen LogP contribution in [0.15, 0.2) is 36.7 Å². The summed E-state index contributed by atoms with van der Waals surface area (Å²) < 4.78 is 11.9. The van der Waals surface area contributed by atoms with Crippen LogP contribution in [0.4, 0.5) is 5.69 Å². The molecule has 1 atom stereocenters. The molecule has 0 radical (unpaired) electrons. The normalized spacial score (nSPS) is 15.7. The highest BCUT2D eigenvalue weighted by molar-refractivity contribution is 6.09. The number of hydrogen-bond acceptors (Lipinski definition) is 7. The fourth-order valence-electron chi connectivity index (χ4n) is 4.57. The van der Waals surface area contributed by atoms with Crippen molar-refractivity contribution in [2.24, 2.45) is 0 Å². The van der Waals surface area contributed by atoms with Gasteiger partial charge in [-0.15, -0.1) is 0 Å². The molecule has 2 amide bonds. The predicted molar refractivity (Wildman–Crippen MR) is 130 cm³/mol. The molecule has 1 N–H and O–H groups in total. The number of carbonyl (C=O) groups excluding carboxylic acids is 3. The molecule has 1 fully saturated rings. The number of imidazole rings is 1. The van der Waals surface area contributed by atoms with Crippen molar-refractivity contribution in [3.8, 4) is 11.4 Å². The molecule has 1 saturated heterocycles. The van der Waals surface area contributed by atoms with Crippen LogP contribution in [0.25, 0.3) is 22.4 Å². The number of anilines is 1. The molecule has 0 bridgehead atoms. The van der Waals surface area contributed by atoms with Crippen molar-refractivity contribution in [3.63, 3.8) is 0 Å². The summed E-state index contributed by atoms with van der Waals surface area (Å²) in [5.41, 5.74) is 2.77. The number of aryl methyl sites for hydroxylation is 1. The van der Waals surface area contributed by atoms with Crippen LogP contribution in [-0.4, -0.2) is 70.6 Å². The van der Waals surface area contributed by atoms with Crippen LogP contribution in [0.1, 0.15) is 36.5 Å². The number of esters is 1. The van der Waals surface area contributed by atoms with Crippen LogP contribution in [0.5, 0.6) is 0 Å². The number of ether oxygens (including phenoxy) is 2. The van der Waals surface area contributed by atoms with Crippen LogP contribution >= 0.6 is 0 Å². The summed E-state index contributed by atoms with van der Waals surface area (Å²) in [7, 11) is 2.76. The van der Waals surface area contributed by atoms with Crippen molar-refractivity contribution in [1.29, 1.82) is 0 Å². The summed E-state index contributed by atoms with van der Waals surface area (Å²) >= 11 is 0. The van der Waals surface area contributed by atoms with Crippen molar-refractivity contribution in [3.05, 3.63) is 42.2 Å². The monoisotopic (exact) mass is 479 g/mol. The summed E-state index contributed by atoms with van der Waals surface area (Å²) in [5, 5.41) is 2.78. The van der Waals surface area contributed by atoms with Gasteiger partial charge in [-0.2, -0.15) is 0 Å². The summed E-state index contributed by atoms with van der Waals surface area (Å²) in [5.74, 6) is -0.426. The topological polar surface area (TPSA) is 116 Å². The van der Waals surface area contributed by atoms with Gasteiger partial charge < -0.3 is 24.3 Å². The van der Waals surface area contributed by atoms with E-state index in [1.165, 1.54) is 14.2 Å². The molecule has 1 aliphatic heterocycles. The fraction of sp³-hybridized carbons (Fsp3) is 0.400. The molecule has 1 unspecified atom stereocenters. The van der Waals surface area contributed by atoms with Gasteiger partial charge in [0, 0.05) is 43.8 Å². The van der Waals surface area contributed by atoms with Gasteiger partial charge in [0.05, 0.1) is 23.7 Å². The number of methoxy groups -OCH3 is 2. The van der Waals surface area contributed by atoms with Crippen LogP contribution in [-0.2, 0) is 25.6 Å². The standard InChI is InChI=1S/C25H29N5O5/c1-4-29-22-18(24(32)30-11-6-5-9-20(30)25(33)35-3)12-17(27-21(31)15-34-2)13-19(22)28-23(29)16-8-7-10-26-14-16/h7-8,10,12-14,20H,4-6,9,11,15H2,1-3H3,(H,27,31). The molecule has 4 rings (SSSR count). The Hall–Kier alpha value is -3.79. The lowest BCUT2D eigenvalue weighted by molar-refractivity contribution is -0.147. The number of piperidine rings is 1. The number of likely N-dealkylation sites (tertiary alicyclic amines) is 1. The van der Waals surface area contributed by atoms with E-state index in [0.29, 0.717) is 47.6 Å². The van der Waals surface area contributed by atoms with Gasteiger partial charge in [0.1, 0.15) is 18.5 Å². The minimum Gasteiger partial charge on any atom is -0.467 e. The maximum absolute atomic E-state index is 13.9. The third-order valence-electron chi connectivity index (χ3n) is 6.10. The van der Waals surface area contributed by atoms with Gasteiger partial charge in [-0.3, -0.25) is 14.6 Å². The van der Waals surface area contributed by atoms with Gasteiger partial charge in [-0.1, -0.05) is 0 Å². The number of carbonyl (C=O) groups is 3. The van der Waals surface area contributed by atoms with Crippen LogP contribution < -0.4 is 5.32 Å². The highest BCUT2D eigenvalue weighted by atomic mass is 16.5. The Labute approximate surface area is 203 Å². The zero-order chi connectivity index (χ0) is 24.9. The average Bonchev–Trinajstić information content (AvgIpc) is 3.26. The van der Waals surface area contributed by atoms with Crippen molar-refractivity contribution in [2.75, 3.05) is 32.7 Å². The van der Waals surface area contributed by atoms with Gasteiger partial charge in [-0.05, 0) is 50.5 Å². The Balaban J connectivity index is 1.89. The minimum absolute atomic E-state index is 0.123. The molecular weight excluding hydrogens is 450 g/mol. The molecule has 10 heteroatoms. The first-order chi connectivity index (χ1) is 17.0. The molecule has 1 aliphatic rings. The SMILES string of the molecule is CCn1c(-c2cccnc2)nc2cc(NC(=O)COC)cc(C(=O)N3CCCCC3C(=O)OC)c21. The molecule has 10 nitrogen and oxygen atoms in total. The zero-order valence-electron chi connectivity index (χ0n) is 20.1. The molecule has 2 aromatic heterocycles. The van der Waals surface area contributed by atoms with E-state index >= 15 is 0 Å². The average molecular weight is 480 g/mol. The number of pyridine rings is 1. The molecule has 0 spiro atoms. The van der Waals surface area contributed by atoms with E-state index in [9.17, 15) is 14.4 Å². The van der Waals surface area contributed by atoms with E-state index in [1.54, 1.807) is 29.4 Å². The highest BCUT2D eigenvalue weighted by Crippen LogP contribution is 2.32. The van der Waals surface area contributed by atoms with E-state index in [2.05, 4.69) is 10.3 Å². The zero-order valence-corrected chi connectivity index (χ0v) is 20.1. The maximum atomic E-state index is 13.9. The van der Waals surface area contributed by atoms with E-state index < -0.39 is 12.0 Å². The molecule has 3 aromatic rings.